The number of pyridine rings is 2. The van der Waals surface area contributed by atoms with Gasteiger partial charge in [-0.1, -0.05) is 131 Å². The standard InChI is InChI=1S/C54H36N4O.Pd/c1-31-12-9-13-32(2)50(31)35-22-27-46-41(28-35)38-25-23-36(29-42(38)53-55-44-17-5-7-19-47(44)57(46)53)59-37-24-26-39-43(30-37)54-56-45-18-6-8-20-48(45)58(54)49-21-11-16-40(52(39)49)51-33(3)14-10-15-34(51)4;/h5-28H,1-4H3;/q-2;+2. The summed E-state index contributed by atoms with van der Waals surface area (Å²) in [6.45, 7) is 8.76. The third-order valence-electron chi connectivity index (χ3n) is 12.2. The van der Waals surface area contributed by atoms with E-state index in [-0.39, 0.29) is 20.4 Å². The normalized spacial score (nSPS) is 11.9. The molecule has 0 atom stereocenters. The quantitative estimate of drug-likeness (QED) is 0.101. The van der Waals surface area contributed by atoms with Gasteiger partial charge in [-0.05, 0) is 119 Å². The minimum Gasteiger partial charge on any atom is -0.497 e. The van der Waals surface area contributed by atoms with Crippen molar-refractivity contribution >= 4 is 76.7 Å². The molecule has 0 radical (unpaired) electrons. The molecule has 0 aliphatic heterocycles. The fraction of sp³-hybridized carbons (Fsp3) is 0.0741. The minimum absolute atomic E-state index is 0. The van der Waals surface area contributed by atoms with Gasteiger partial charge in [-0.2, -0.15) is 0 Å². The molecule has 0 aliphatic carbocycles. The molecule has 12 aromatic rings. The fourth-order valence-corrected chi connectivity index (χ4v) is 9.68. The maximum absolute atomic E-state index is 6.76. The van der Waals surface area contributed by atoms with Crippen LogP contribution < -0.4 is 4.74 Å². The molecule has 0 unspecified atom stereocenters. The van der Waals surface area contributed by atoms with Crippen LogP contribution >= 0.6 is 0 Å². The summed E-state index contributed by atoms with van der Waals surface area (Å²) in [5, 5.41) is 6.25. The summed E-state index contributed by atoms with van der Waals surface area (Å²) in [7, 11) is 0. The van der Waals surface area contributed by atoms with Crippen molar-refractivity contribution in [2.24, 2.45) is 0 Å². The molecule has 0 saturated heterocycles. The van der Waals surface area contributed by atoms with Gasteiger partial charge in [0.15, 0.2) is 0 Å². The van der Waals surface area contributed by atoms with Gasteiger partial charge in [0.2, 0.25) is 0 Å². The van der Waals surface area contributed by atoms with Crippen LogP contribution in [0.5, 0.6) is 11.5 Å². The Morgan fingerprint density at radius 3 is 1.60 bits per heavy atom. The molecule has 8 aromatic carbocycles. The number of ether oxygens (including phenoxy) is 1. The number of aromatic nitrogens is 4. The van der Waals surface area contributed by atoms with Gasteiger partial charge in [0.25, 0.3) is 0 Å². The summed E-state index contributed by atoms with van der Waals surface area (Å²) in [4.78, 5) is 10.4. The molecule has 0 saturated carbocycles. The van der Waals surface area contributed by atoms with Gasteiger partial charge in [-0.15, -0.1) is 12.1 Å². The third kappa shape index (κ3) is 5.28. The van der Waals surface area contributed by atoms with E-state index in [1.165, 1.54) is 44.5 Å². The summed E-state index contributed by atoms with van der Waals surface area (Å²) in [5.41, 5.74) is 17.8. The first-order chi connectivity index (χ1) is 28.9. The van der Waals surface area contributed by atoms with Crippen molar-refractivity contribution in [1.82, 2.24) is 18.8 Å². The summed E-state index contributed by atoms with van der Waals surface area (Å²) >= 11 is 0. The Hall–Kier alpha value is -6.84. The van der Waals surface area contributed by atoms with Crippen LogP contribution in [0.4, 0.5) is 0 Å². The smallest absolute Gasteiger partial charge is 0.497 e. The van der Waals surface area contributed by atoms with Crippen LogP contribution in [0.15, 0.2) is 146 Å². The summed E-state index contributed by atoms with van der Waals surface area (Å²) in [6, 6.07) is 58.9. The molecule has 0 spiro atoms. The van der Waals surface area contributed by atoms with Crippen molar-refractivity contribution < 1.29 is 25.2 Å². The Morgan fingerprint density at radius 2 is 0.967 bits per heavy atom. The molecule has 0 aliphatic rings. The van der Waals surface area contributed by atoms with E-state index in [1.54, 1.807) is 0 Å². The molecular formula is C54H36N4OPd. The first-order valence-corrected chi connectivity index (χ1v) is 20.1. The number of hydrogen-bond acceptors (Lipinski definition) is 3. The largest absolute Gasteiger partial charge is 2.00 e. The molecule has 0 amide bonds. The molecule has 4 heterocycles. The Morgan fingerprint density at radius 1 is 0.450 bits per heavy atom. The number of imidazole rings is 2. The zero-order valence-electron chi connectivity index (χ0n) is 33.4. The molecule has 5 nitrogen and oxygen atoms in total. The number of fused-ring (bicyclic) bond motifs is 16. The van der Waals surface area contributed by atoms with Crippen molar-refractivity contribution in [3.8, 4) is 33.8 Å². The van der Waals surface area contributed by atoms with Crippen LogP contribution in [0, 0.1) is 39.8 Å². The molecule has 60 heavy (non-hydrogen) atoms. The Kier molecular flexibility index (Phi) is 8.22. The van der Waals surface area contributed by atoms with Gasteiger partial charge in [0.05, 0.1) is 33.4 Å². The van der Waals surface area contributed by atoms with Crippen molar-refractivity contribution in [1.29, 1.82) is 0 Å². The summed E-state index contributed by atoms with van der Waals surface area (Å²) < 4.78 is 11.3. The van der Waals surface area contributed by atoms with Gasteiger partial charge in [-0.3, -0.25) is 9.97 Å². The van der Waals surface area contributed by atoms with Gasteiger partial charge >= 0.3 is 20.4 Å². The van der Waals surface area contributed by atoms with Crippen molar-refractivity contribution in [2.45, 2.75) is 27.7 Å². The second-order valence-corrected chi connectivity index (χ2v) is 15.8. The van der Waals surface area contributed by atoms with E-state index in [4.69, 9.17) is 14.7 Å². The van der Waals surface area contributed by atoms with Crippen molar-refractivity contribution in [2.75, 3.05) is 0 Å². The molecule has 6 heteroatoms. The monoisotopic (exact) mass is 862 g/mol. The number of para-hydroxylation sites is 4. The average molecular weight is 863 g/mol. The van der Waals surface area contributed by atoms with Crippen LogP contribution in [0.3, 0.4) is 0 Å². The van der Waals surface area contributed by atoms with Gasteiger partial charge in [-0.25, -0.2) is 0 Å². The van der Waals surface area contributed by atoms with Crippen LogP contribution in [-0.2, 0) is 20.4 Å². The number of nitrogens with zero attached hydrogens (tertiary/aromatic N) is 4. The predicted octanol–water partition coefficient (Wildman–Crippen LogP) is 13.9. The maximum atomic E-state index is 6.76. The first kappa shape index (κ1) is 36.3. The van der Waals surface area contributed by atoms with Crippen molar-refractivity contribution in [3.63, 3.8) is 0 Å². The Bertz CT molecular complexity index is 3720. The maximum Gasteiger partial charge on any atom is 2.00 e. The van der Waals surface area contributed by atoms with Crippen LogP contribution in [0.1, 0.15) is 22.3 Å². The Labute approximate surface area is 360 Å². The average Bonchev–Trinajstić information content (AvgIpc) is 3.84. The topological polar surface area (TPSA) is 43.8 Å². The van der Waals surface area contributed by atoms with E-state index in [9.17, 15) is 0 Å². The van der Waals surface area contributed by atoms with Gasteiger partial charge < -0.3 is 13.5 Å². The molecule has 0 bridgehead atoms. The van der Waals surface area contributed by atoms with Crippen LogP contribution in [0.25, 0.3) is 99.0 Å². The first-order valence-electron chi connectivity index (χ1n) is 20.1. The van der Waals surface area contributed by atoms with E-state index >= 15 is 0 Å². The molecule has 288 valence electrons. The van der Waals surface area contributed by atoms with E-state index in [0.29, 0.717) is 11.5 Å². The van der Waals surface area contributed by atoms with Crippen LogP contribution in [-0.4, -0.2) is 18.8 Å². The van der Waals surface area contributed by atoms with Gasteiger partial charge in [0.1, 0.15) is 0 Å². The zero-order valence-corrected chi connectivity index (χ0v) is 34.9. The second kappa shape index (κ2) is 13.6. The molecule has 0 fully saturated rings. The van der Waals surface area contributed by atoms with E-state index in [1.807, 2.05) is 24.3 Å². The molecule has 4 aromatic heterocycles. The number of rotatable bonds is 4. The number of aryl methyl sites for hydroxylation is 4. The van der Waals surface area contributed by atoms with Gasteiger partial charge in [0, 0.05) is 22.5 Å². The third-order valence-corrected chi connectivity index (χ3v) is 12.2. The fourth-order valence-electron chi connectivity index (χ4n) is 9.68. The summed E-state index contributed by atoms with van der Waals surface area (Å²) in [5.74, 6) is 1.18. The molecule has 0 N–H and O–H groups in total. The summed E-state index contributed by atoms with van der Waals surface area (Å²) in [6.07, 6.45) is 0. The van der Waals surface area contributed by atoms with Crippen LogP contribution in [0.2, 0.25) is 0 Å². The second-order valence-electron chi connectivity index (χ2n) is 15.8. The predicted molar refractivity (Wildman–Crippen MR) is 243 cm³/mol. The number of hydrogen-bond donors (Lipinski definition) is 0. The molecular weight excluding hydrogens is 827 g/mol. The molecule has 12 rings (SSSR count). The van der Waals surface area contributed by atoms with E-state index in [2.05, 4.69) is 170 Å². The van der Waals surface area contributed by atoms with E-state index < -0.39 is 0 Å². The SMILES string of the molecule is Cc1cccc(C)c1-c1ccc2c(c1)c1ccc(Oc3[c-]c4c(cc3)c3c(-c5c(C)cccc5C)cccc3n3c5ccccc5nc43)[c-]c1c1nc3ccccc3n21.[Pd+2]. The van der Waals surface area contributed by atoms with E-state index in [0.717, 1.165) is 76.7 Å². The number of benzene rings is 8. The van der Waals surface area contributed by atoms with Crippen molar-refractivity contribution in [3.05, 3.63) is 180 Å². The zero-order chi connectivity index (χ0) is 39.5. The Balaban J connectivity index is 0.00000408. The minimum atomic E-state index is 0.